The van der Waals surface area contributed by atoms with Gasteiger partial charge in [0.05, 0.1) is 6.10 Å². The van der Waals surface area contributed by atoms with E-state index in [0.717, 1.165) is 37.1 Å². The standard InChI is InChI=1S/C14H24N2O2/c15-7-12-3-4-13(18-12)14(17)16-8-11-6-9-1-2-10(11)5-9/h9-13H,1-8,15H2,(H,16,17)/t9?,10?,11?,12-,13+/m1/s1. The van der Waals surface area contributed by atoms with Gasteiger partial charge in [0.2, 0.25) is 5.91 Å². The normalized spacial score (nSPS) is 42.4. The number of nitrogens with one attached hydrogen (secondary N) is 1. The van der Waals surface area contributed by atoms with Crippen molar-refractivity contribution in [3.8, 4) is 0 Å². The number of carbonyl (C=O) groups is 1. The van der Waals surface area contributed by atoms with Crippen molar-refractivity contribution in [3.05, 3.63) is 0 Å². The second kappa shape index (κ2) is 5.17. The lowest BCUT2D eigenvalue weighted by atomic mass is 9.89. The zero-order chi connectivity index (χ0) is 12.5. The Kier molecular flexibility index (Phi) is 3.57. The molecule has 18 heavy (non-hydrogen) atoms. The van der Waals surface area contributed by atoms with Crippen LogP contribution in [0.4, 0.5) is 0 Å². The molecule has 3 unspecified atom stereocenters. The molecule has 4 nitrogen and oxygen atoms in total. The van der Waals surface area contributed by atoms with E-state index in [0.29, 0.717) is 6.54 Å². The van der Waals surface area contributed by atoms with Crippen molar-refractivity contribution in [2.24, 2.45) is 23.5 Å². The summed E-state index contributed by atoms with van der Waals surface area (Å²) in [5.41, 5.74) is 5.55. The van der Waals surface area contributed by atoms with E-state index in [1.165, 1.54) is 25.7 Å². The van der Waals surface area contributed by atoms with E-state index in [9.17, 15) is 4.79 Å². The van der Waals surface area contributed by atoms with E-state index < -0.39 is 0 Å². The number of ether oxygens (including phenoxy) is 1. The van der Waals surface area contributed by atoms with E-state index in [1.54, 1.807) is 0 Å². The molecule has 0 aromatic carbocycles. The van der Waals surface area contributed by atoms with Crippen LogP contribution >= 0.6 is 0 Å². The van der Waals surface area contributed by atoms with Gasteiger partial charge in [-0.25, -0.2) is 0 Å². The minimum absolute atomic E-state index is 0.0775. The maximum Gasteiger partial charge on any atom is 0.249 e. The van der Waals surface area contributed by atoms with Crippen molar-refractivity contribution in [3.63, 3.8) is 0 Å². The van der Waals surface area contributed by atoms with Crippen molar-refractivity contribution >= 4 is 5.91 Å². The molecule has 3 rings (SSSR count). The van der Waals surface area contributed by atoms with Crippen LogP contribution in [0.1, 0.15) is 38.5 Å². The minimum atomic E-state index is -0.253. The second-order valence-corrected chi connectivity index (χ2v) is 6.24. The van der Waals surface area contributed by atoms with Gasteiger partial charge in [-0.2, -0.15) is 0 Å². The number of amides is 1. The van der Waals surface area contributed by atoms with Crippen molar-refractivity contribution in [2.45, 2.75) is 50.7 Å². The molecule has 0 spiro atoms. The lowest BCUT2D eigenvalue weighted by Crippen LogP contribution is -2.39. The molecule has 5 atom stereocenters. The van der Waals surface area contributed by atoms with Crippen LogP contribution in [-0.4, -0.2) is 31.2 Å². The first-order chi connectivity index (χ1) is 8.76. The zero-order valence-corrected chi connectivity index (χ0v) is 10.9. The van der Waals surface area contributed by atoms with Crippen LogP contribution in [0.15, 0.2) is 0 Å². The molecular weight excluding hydrogens is 228 g/mol. The highest BCUT2D eigenvalue weighted by molar-refractivity contribution is 5.81. The topological polar surface area (TPSA) is 64.4 Å². The summed E-state index contributed by atoms with van der Waals surface area (Å²) in [4.78, 5) is 12.0. The molecule has 3 N–H and O–H groups in total. The van der Waals surface area contributed by atoms with Gasteiger partial charge in [0.15, 0.2) is 0 Å². The third-order valence-electron chi connectivity index (χ3n) is 5.09. The molecule has 102 valence electrons. The summed E-state index contributed by atoms with van der Waals surface area (Å²) < 4.78 is 5.61. The fraction of sp³-hybridized carbons (Fsp3) is 0.929. The molecule has 1 heterocycles. The first kappa shape index (κ1) is 12.4. The molecule has 3 fully saturated rings. The highest BCUT2D eigenvalue weighted by Gasteiger charge is 2.39. The van der Waals surface area contributed by atoms with Crippen LogP contribution < -0.4 is 11.1 Å². The molecule has 1 aliphatic heterocycles. The highest BCUT2D eigenvalue weighted by Crippen LogP contribution is 2.47. The van der Waals surface area contributed by atoms with Crippen LogP contribution in [0.2, 0.25) is 0 Å². The van der Waals surface area contributed by atoms with Crippen molar-refractivity contribution < 1.29 is 9.53 Å². The quantitative estimate of drug-likeness (QED) is 0.786. The minimum Gasteiger partial charge on any atom is -0.364 e. The molecule has 2 saturated carbocycles. The van der Waals surface area contributed by atoms with Gasteiger partial charge in [-0.1, -0.05) is 6.42 Å². The van der Waals surface area contributed by atoms with Crippen LogP contribution in [0.25, 0.3) is 0 Å². The Hall–Kier alpha value is -0.610. The summed E-state index contributed by atoms with van der Waals surface area (Å²) in [5, 5.41) is 3.09. The average Bonchev–Trinajstić information content (AvgIpc) is 3.10. The number of hydrogen-bond acceptors (Lipinski definition) is 3. The molecule has 3 aliphatic rings. The summed E-state index contributed by atoms with van der Waals surface area (Å²) in [6.45, 7) is 1.38. The predicted octanol–water partition coefficient (Wildman–Crippen LogP) is 1.05. The maximum absolute atomic E-state index is 12.0. The van der Waals surface area contributed by atoms with E-state index in [4.69, 9.17) is 10.5 Å². The number of hydrogen-bond donors (Lipinski definition) is 2. The first-order valence-electron chi connectivity index (χ1n) is 7.39. The predicted molar refractivity (Wildman–Crippen MR) is 68.9 cm³/mol. The van der Waals surface area contributed by atoms with Crippen LogP contribution in [0.5, 0.6) is 0 Å². The molecule has 2 aliphatic carbocycles. The molecule has 0 radical (unpaired) electrons. The molecule has 0 aromatic heterocycles. The number of nitrogens with two attached hydrogens (primary N) is 1. The van der Waals surface area contributed by atoms with Crippen molar-refractivity contribution in [1.29, 1.82) is 0 Å². The molecular formula is C14H24N2O2. The van der Waals surface area contributed by atoms with E-state index in [1.807, 2.05) is 0 Å². The summed E-state index contributed by atoms with van der Waals surface area (Å²) in [6, 6.07) is 0. The zero-order valence-electron chi connectivity index (χ0n) is 10.9. The Morgan fingerprint density at radius 1 is 1.22 bits per heavy atom. The smallest absolute Gasteiger partial charge is 0.249 e. The van der Waals surface area contributed by atoms with Crippen LogP contribution in [0.3, 0.4) is 0 Å². The van der Waals surface area contributed by atoms with Crippen LogP contribution in [-0.2, 0) is 9.53 Å². The highest BCUT2D eigenvalue weighted by atomic mass is 16.5. The lowest BCUT2D eigenvalue weighted by Gasteiger charge is -2.22. The molecule has 1 amide bonds. The van der Waals surface area contributed by atoms with Crippen molar-refractivity contribution in [1.82, 2.24) is 5.32 Å². The molecule has 1 saturated heterocycles. The van der Waals surface area contributed by atoms with Gasteiger partial charge in [-0.3, -0.25) is 4.79 Å². The number of carbonyl (C=O) groups excluding carboxylic acids is 1. The van der Waals surface area contributed by atoms with E-state index in [-0.39, 0.29) is 18.1 Å². The summed E-state index contributed by atoms with van der Waals surface area (Å²) in [7, 11) is 0. The van der Waals surface area contributed by atoms with Gasteiger partial charge < -0.3 is 15.8 Å². The third-order valence-corrected chi connectivity index (χ3v) is 5.09. The summed E-state index contributed by atoms with van der Waals surface area (Å²) in [5.74, 6) is 2.62. The van der Waals surface area contributed by atoms with Gasteiger partial charge in [0, 0.05) is 13.1 Å². The van der Waals surface area contributed by atoms with Crippen LogP contribution in [0, 0.1) is 17.8 Å². The maximum atomic E-state index is 12.0. The van der Waals surface area contributed by atoms with Gasteiger partial charge >= 0.3 is 0 Å². The molecule has 2 bridgehead atoms. The Morgan fingerprint density at radius 2 is 2.11 bits per heavy atom. The van der Waals surface area contributed by atoms with Crippen molar-refractivity contribution in [2.75, 3.05) is 13.1 Å². The monoisotopic (exact) mass is 252 g/mol. The second-order valence-electron chi connectivity index (χ2n) is 6.24. The number of fused-ring (bicyclic) bond motifs is 2. The van der Waals surface area contributed by atoms with Gasteiger partial charge in [0.25, 0.3) is 0 Å². The number of rotatable bonds is 4. The Bertz CT molecular complexity index is 321. The molecule has 0 aromatic rings. The molecule has 4 heteroatoms. The fourth-order valence-corrected chi connectivity index (χ4v) is 4.04. The third kappa shape index (κ3) is 2.41. The fourth-order valence-electron chi connectivity index (χ4n) is 4.04. The van der Waals surface area contributed by atoms with Gasteiger partial charge in [-0.15, -0.1) is 0 Å². The Balaban J connectivity index is 1.42. The Labute approximate surface area is 109 Å². The first-order valence-corrected chi connectivity index (χ1v) is 7.39. The summed E-state index contributed by atoms with van der Waals surface area (Å²) >= 11 is 0. The van der Waals surface area contributed by atoms with Gasteiger partial charge in [-0.05, 0) is 49.9 Å². The largest absolute Gasteiger partial charge is 0.364 e. The van der Waals surface area contributed by atoms with Gasteiger partial charge in [0.1, 0.15) is 6.10 Å². The summed E-state index contributed by atoms with van der Waals surface area (Å²) in [6.07, 6.45) is 7.09. The Morgan fingerprint density at radius 3 is 2.72 bits per heavy atom. The average molecular weight is 252 g/mol. The SMILES string of the molecule is NC[C@H]1CC[C@@H](C(=O)NCC2CC3CCC2C3)O1. The van der Waals surface area contributed by atoms with E-state index in [2.05, 4.69) is 5.32 Å². The van der Waals surface area contributed by atoms with E-state index >= 15 is 0 Å². The lowest BCUT2D eigenvalue weighted by molar-refractivity contribution is -0.132.